The highest BCUT2D eigenvalue weighted by Crippen LogP contribution is 2.13. The minimum absolute atomic E-state index is 0.0361. The van der Waals surface area contributed by atoms with Gasteiger partial charge in [0, 0.05) is 31.4 Å². The molecule has 0 bridgehead atoms. The van der Waals surface area contributed by atoms with Crippen molar-refractivity contribution < 1.29 is 9.59 Å². The van der Waals surface area contributed by atoms with Crippen LogP contribution in [-0.2, 0) is 4.79 Å². The van der Waals surface area contributed by atoms with Crippen LogP contribution in [0.3, 0.4) is 0 Å². The highest BCUT2D eigenvalue weighted by molar-refractivity contribution is 5.96. The number of amides is 2. The number of benzene rings is 1. The van der Waals surface area contributed by atoms with Crippen LogP contribution in [0.15, 0.2) is 24.3 Å². The zero-order valence-corrected chi connectivity index (χ0v) is 15.1. The summed E-state index contributed by atoms with van der Waals surface area (Å²) in [6, 6.07) is 7.33. The van der Waals surface area contributed by atoms with Crippen LogP contribution in [0.1, 0.15) is 38.1 Å². The summed E-state index contributed by atoms with van der Waals surface area (Å²) in [5.74, 6) is 0.413. The highest BCUT2D eigenvalue weighted by atomic mass is 16.2. The van der Waals surface area contributed by atoms with Gasteiger partial charge in [-0.3, -0.25) is 14.5 Å². The summed E-state index contributed by atoms with van der Waals surface area (Å²) in [5.41, 5.74) is 1.31. The second-order valence-corrected chi connectivity index (χ2v) is 6.37. The summed E-state index contributed by atoms with van der Waals surface area (Å²) < 4.78 is 0. The van der Waals surface area contributed by atoms with Crippen LogP contribution in [0, 0.1) is 5.92 Å². The summed E-state index contributed by atoms with van der Waals surface area (Å²) in [4.78, 5) is 27.7. The average molecular weight is 319 g/mol. The molecule has 0 fully saturated rings. The maximum atomic E-state index is 12.2. The topological polar surface area (TPSA) is 52.7 Å². The molecule has 1 rings (SSSR count). The molecule has 1 atom stereocenters. The number of nitrogens with zero attached hydrogens (tertiary/aromatic N) is 2. The summed E-state index contributed by atoms with van der Waals surface area (Å²) in [7, 11) is 3.43. The molecule has 1 aromatic carbocycles. The number of hydrogen-bond acceptors (Lipinski definition) is 3. The fourth-order valence-electron chi connectivity index (χ4n) is 2.30. The van der Waals surface area contributed by atoms with Gasteiger partial charge in [-0.05, 0) is 43.7 Å². The van der Waals surface area contributed by atoms with Crippen molar-refractivity contribution in [3.8, 4) is 0 Å². The maximum absolute atomic E-state index is 12.2. The van der Waals surface area contributed by atoms with Gasteiger partial charge in [0.1, 0.15) is 0 Å². The molecule has 23 heavy (non-hydrogen) atoms. The molecular formula is C18H29N3O2. The number of anilines is 1. The summed E-state index contributed by atoms with van der Waals surface area (Å²) in [6.07, 6.45) is 0. The van der Waals surface area contributed by atoms with Crippen molar-refractivity contribution in [1.29, 1.82) is 0 Å². The predicted molar refractivity (Wildman–Crippen MR) is 94.6 cm³/mol. The number of hydrogen-bond donors (Lipinski definition) is 1. The molecule has 1 aromatic rings. The molecule has 0 saturated carbocycles. The van der Waals surface area contributed by atoms with Crippen molar-refractivity contribution in [2.45, 2.75) is 33.7 Å². The number of carbonyl (C=O) groups is 2. The summed E-state index contributed by atoms with van der Waals surface area (Å²) in [6.45, 7) is 9.73. The van der Waals surface area contributed by atoms with Gasteiger partial charge < -0.3 is 10.2 Å². The van der Waals surface area contributed by atoms with Crippen LogP contribution in [0.25, 0.3) is 0 Å². The monoisotopic (exact) mass is 319 g/mol. The molecule has 1 N–H and O–H groups in total. The van der Waals surface area contributed by atoms with E-state index in [0.717, 1.165) is 6.54 Å². The fraction of sp³-hybridized carbons (Fsp3) is 0.556. The molecule has 0 heterocycles. The van der Waals surface area contributed by atoms with Gasteiger partial charge in [-0.2, -0.15) is 0 Å². The average Bonchev–Trinajstić information content (AvgIpc) is 2.51. The molecule has 0 saturated heterocycles. The van der Waals surface area contributed by atoms with Gasteiger partial charge in [-0.25, -0.2) is 0 Å². The van der Waals surface area contributed by atoms with Crippen molar-refractivity contribution >= 4 is 17.5 Å². The number of carbonyl (C=O) groups excluding carboxylic acids is 2. The Balaban J connectivity index is 2.65. The van der Waals surface area contributed by atoms with E-state index < -0.39 is 0 Å². The minimum atomic E-state index is -0.0502. The van der Waals surface area contributed by atoms with E-state index in [-0.39, 0.29) is 11.8 Å². The van der Waals surface area contributed by atoms with Crippen LogP contribution in [0.5, 0.6) is 0 Å². The van der Waals surface area contributed by atoms with Gasteiger partial charge in [0.25, 0.3) is 5.91 Å². The quantitative estimate of drug-likeness (QED) is 0.841. The lowest BCUT2D eigenvalue weighted by atomic mass is 10.0. The van der Waals surface area contributed by atoms with E-state index in [1.165, 1.54) is 4.90 Å². The Morgan fingerprint density at radius 3 is 2.09 bits per heavy atom. The molecule has 0 spiro atoms. The lowest BCUT2D eigenvalue weighted by molar-refractivity contribution is -0.117. The Kier molecular flexibility index (Phi) is 7.23. The molecule has 1 unspecified atom stereocenters. The van der Waals surface area contributed by atoms with E-state index in [4.69, 9.17) is 0 Å². The number of likely N-dealkylation sites (N-methyl/N-ethyl adjacent to an activating group) is 1. The van der Waals surface area contributed by atoms with E-state index in [9.17, 15) is 9.59 Å². The first kappa shape index (κ1) is 19.2. The summed E-state index contributed by atoms with van der Waals surface area (Å²) in [5, 5.41) is 2.89. The maximum Gasteiger partial charge on any atom is 0.253 e. The third-order valence-corrected chi connectivity index (χ3v) is 4.12. The van der Waals surface area contributed by atoms with Crippen LogP contribution in [-0.4, -0.2) is 54.8 Å². The van der Waals surface area contributed by atoms with Gasteiger partial charge in [0.05, 0.1) is 6.54 Å². The van der Waals surface area contributed by atoms with E-state index in [1.807, 2.05) is 0 Å². The minimum Gasteiger partial charge on any atom is -0.345 e. The first-order valence-electron chi connectivity index (χ1n) is 8.11. The van der Waals surface area contributed by atoms with Crippen LogP contribution < -0.4 is 5.32 Å². The molecule has 0 aliphatic carbocycles. The van der Waals surface area contributed by atoms with Crippen LogP contribution >= 0.6 is 0 Å². The van der Waals surface area contributed by atoms with Crippen LogP contribution in [0.4, 0.5) is 5.69 Å². The van der Waals surface area contributed by atoms with Gasteiger partial charge in [0.2, 0.25) is 5.91 Å². The van der Waals surface area contributed by atoms with E-state index in [0.29, 0.717) is 29.8 Å². The first-order chi connectivity index (χ1) is 10.8. The van der Waals surface area contributed by atoms with Gasteiger partial charge in [-0.15, -0.1) is 0 Å². The Labute approximate surface area is 139 Å². The SMILES string of the molecule is CCN(CC(=O)Nc1ccc(C(=O)N(C)C)cc1)C(C)C(C)C. The smallest absolute Gasteiger partial charge is 0.253 e. The van der Waals surface area contributed by atoms with E-state index >= 15 is 0 Å². The van der Waals surface area contributed by atoms with Crippen molar-refractivity contribution in [3.05, 3.63) is 29.8 Å². The first-order valence-corrected chi connectivity index (χ1v) is 8.11. The van der Waals surface area contributed by atoms with E-state index in [2.05, 4.69) is 37.9 Å². The van der Waals surface area contributed by atoms with Crippen molar-refractivity contribution in [3.63, 3.8) is 0 Å². The molecule has 128 valence electrons. The lowest BCUT2D eigenvalue weighted by Crippen LogP contribution is -2.41. The Bertz CT molecular complexity index is 524. The molecule has 0 aromatic heterocycles. The number of rotatable bonds is 7. The van der Waals surface area contributed by atoms with Crippen molar-refractivity contribution in [1.82, 2.24) is 9.80 Å². The zero-order valence-electron chi connectivity index (χ0n) is 15.1. The van der Waals surface area contributed by atoms with Crippen molar-refractivity contribution in [2.24, 2.45) is 5.92 Å². The summed E-state index contributed by atoms with van der Waals surface area (Å²) >= 11 is 0. The standard InChI is InChI=1S/C18H29N3O2/c1-7-21(14(4)13(2)3)12-17(22)19-16-10-8-15(9-11-16)18(23)20(5)6/h8-11,13-14H,7,12H2,1-6H3,(H,19,22). The number of nitrogens with one attached hydrogen (secondary N) is 1. The third-order valence-electron chi connectivity index (χ3n) is 4.12. The second kappa shape index (κ2) is 8.67. The molecule has 2 amide bonds. The highest BCUT2D eigenvalue weighted by Gasteiger charge is 2.18. The Morgan fingerprint density at radius 1 is 1.09 bits per heavy atom. The van der Waals surface area contributed by atoms with Gasteiger partial charge in [0.15, 0.2) is 0 Å². The van der Waals surface area contributed by atoms with Crippen molar-refractivity contribution in [2.75, 3.05) is 32.5 Å². The molecule has 5 heteroatoms. The Morgan fingerprint density at radius 2 is 1.65 bits per heavy atom. The molecule has 5 nitrogen and oxygen atoms in total. The van der Waals surface area contributed by atoms with Gasteiger partial charge in [-0.1, -0.05) is 20.8 Å². The third kappa shape index (κ3) is 5.67. The van der Waals surface area contributed by atoms with E-state index in [1.54, 1.807) is 38.4 Å². The van der Waals surface area contributed by atoms with Crippen LogP contribution in [0.2, 0.25) is 0 Å². The van der Waals surface area contributed by atoms with Gasteiger partial charge >= 0.3 is 0 Å². The Hall–Kier alpha value is -1.88. The fourth-order valence-corrected chi connectivity index (χ4v) is 2.30. The normalized spacial score (nSPS) is 12.3. The lowest BCUT2D eigenvalue weighted by Gasteiger charge is -2.30. The zero-order chi connectivity index (χ0) is 17.6. The predicted octanol–water partition coefficient (Wildman–Crippen LogP) is 2.69. The largest absolute Gasteiger partial charge is 0.345 e. The second-order valence-electron chi connectivity index (χ2n) is 6.37. The molecule has 0 aliphatic heterocycles. The molecule has 0 aliphatic rings. The molecule has 0 radical (unpaired) electrons. The molecular weight excluding hydrogens is 290 g/mol.